The zero-order valence-corrected chi connectivity index (χ0v) is 13.1. The molecule has 2 aromatic rings. The Morgan fingerprint density at radius 3 is 2.57 bits per heavy atom. The highest BCUT2D eigenvalue weighted by Gasteiger charge is 2.25. The quantitative estimate of drug-likeness (QED) is 0.935. The Morgan fingerprint density at radius 1 is 1.22 bits per heavy atom. The third-order valence-corrected chi connectivity index (χ3v) is 4.23. The fourth-order valence-electron chi connectivity index (χ4n) is 2.80. The molecule has 1 fully saturated rings. The molecule has 1 aromatic carbocycles. The van der Waals surface area contributed by atoms with Gasteiger partial charge in [-0.2, -0.15) is 5.10 Å². The van der Waals surface area contributed by atoms with Crippen LogP contribution in [0.4, 0.5) is 11.4 Å². The molecule has 120 valence electrons. The van der Waals surface area contributed by atoms with Crippen LogP contribution in [-0.2, 0) is 11.8 Å². The molecule has 1 aliphatic rings. The third kappa shape index (κ3) is 3.59. The smallest absolute Gasteiger partial charge is 0.268 e. The fourth-order valence-corrected chi connectivity index (χ4v) is 2.80. The second-order valence-corrected chi connectivity index (χ2v) is 5.79. The fraction of sp³-hybridized carbons (Fsp3) is 0.353. The lowest BCUT2D eigenvalue weighted by Gasteiger charge is -2.32. The van der Waals surface area contributed by atoms with Crippen LogP contribution < -0.4 is 15.8 Å². The molecule has 0 spiro atoms. The van der Waals surface area contributed by atoms with Gasteiger partial charge < -0.3 is 10.2 Å². The lowest BCUT2D eigenvalue weighted by Crippen LogP contribution is -2.39. The first kappa shape index (κ1) is 15.3. The summed E-state index contributed by atoms with van der Waals surface area (Å²) in [5.41, 5.74) is 1.54. The summed E-state index contributed by atoms with van der Waals surface area (Å²) in [6, 6.07) is 11.1. The van der Waals surface area contributed by atoms with Gasteiger partial charge in [0.05, 0.1) is 11.9 Å². The predicted octanol–water partition coefficient (Wildman–Crippen LogP) is 1.64. The number of carbonyl (C=O) groups excluding carboxylic acids is 1. The van der Waals surface area contributed by atoms with E-state index in [1.165, 1.54) is 4.68 Å². The molecular formula is C17H20N4O2. The minimum absolute atomic E-state index is 0.00552. The van der Waals surface area contributed by atoms with Crippen molar-refractivity contribution in [1.82, 2.24) is 9.78 Å². The van der Waals surface area contributed by atoms with Gasteiger partial charge in [0.2, 0.25) is 5.91 Å². The second kappa shape index (κ2) is 6.64. The summed E-state index contributed by atoms with van der Waals surface area (Å²) in [6.45, 7) is 1.50. The Bertz CT molecular complexity index is 734. The van der Waals surface area contributed by atoms with Crippen LogP contribution in [0.5, 0.6) is 0 Å². The number of hydrogen-bond donors (Lipinski definition) is 1. The monoisotopic (exact) mass is 312 g/mol. The molecule has 23 heavy (non-hydrogen) atoms. The maximum Gasteiger partial charge on any atom is 0.268 e. The molecule has 0 radical (unpaired) electrons. The van der Waals surface area contributed by atoms with E-state index in [9.17, 15) is 9.59 Å². The Kier molecular flexibility index (Phi) is 4.41. The van der Waals surface area contributed by atoms with Gasteiger partial charge in [-0.25, -0.2) is 4.68 Å². The number of aryl methyl sites for hydroxylation is 1. The summed E-state index contributed by atoms with van der Waals surface area (Å²) in [5.74, 6) is 0.0731. The maximum atomic E-state index is 12.3. The van der Waals surface area contributed by atoms with Crippen LogP contribution in [0.3, 0.4) is 0 Å². The van der Waals surface area contributed by atoms with Crippen molar-refractivity contribution in [2.75, 3.05) is 23.3 Å². The summed E-state index contributed by atoms with van der Waals surface area (Å²) >= 11 is 0. The van der Waals surface area contributed by atoms with Crippen LogP contribution in [0.15, 0.2) is 47.4 Å². The average molecular weight is 312 g/mol. The van der Waals surface area contributed by atoms with Gasteiger partial charge in [-0.3, -0.25) is 9.59 Å². The van der Waals surface area contributed by atoms with E-state index in [0.717, 1.165) is 37.3 Å². The topological polar surface area (TPSA) is 67.2 Å². The van der Waals surface area contributed by atoms with Gasteiger partial charge in [0, 0.05) is 37.8 Å². The summed E-state index contributed by atoms with van der Waals surface area (Å²) in [5, 5.41) is 7.01. The molecule has 0 aliphatic carbocycles. The largest absolute Gasteiger partial charge is 0.370 e. The maximum absolute atomic E-state index is 12.3. The Labute approximate surface area is 134 Å². The number of nitrogens with zero attached hydrogens (tertiary/aromatic N) is 3. The lowest BCUT2D eigenvalue weighted by atomic mass is 9.95. The van der Waals surface area contributed by atoms with E-state index in [0.29, 0.717) is 0 Å². The molecule has 0 unspecified atom stereocenters. The molecule has 2 heterocycles. The van der Waals surface area contributed by atoms with Gasteiger partial charge >= 0.3 is 0 Å². The SMILES string of the molecule is Cn1ncc(N2CCC(C(=O)Nc3ccccc3)CC2)cc1=O. The first-order valence-corrected chi connectivity index (χ1v) is 7.78. The van der Waals surface area contributed by atoms with E-state index in [4.69, 9.17) is 0 Å². The van der Waals surface area contributed by atoms with Crippen LogP contribution in [-0.4, -0.2) is 28.8 Å². The first-order valence-electron chi connectivity index (χ1n) is 7.78. The summed E-state index contributed by atoms with van der Waals surface area (Å²) in [7, 11) is 1.63. The minimum Gasteiger partial charge on any atom is -0.370 e. The van der Waals surface area contributed by atoms with Crippen molar-refractivity contribution >= 4 is 17.3 Å². The van der Waals surface area contributed by atoms with Gasteiger partial charge in [-0.1, -0.05) is 18.2 Å². The number of para-hydroxylation sites is 1. The van der Waals surface area contributed by atoms with Crippen molar-refractivity contribution in [3.63, 3.8) is 0 Å². The van der Waals surface area contributed by atoms with Crippen molar-refractivity contribution in [1.29, 1.82) is 0 Å². The molecule has 0 saturated carbocycles. The molecule has 3 rings (SSSR count). The van der Waals surface area contributed by atoms with Crippen molar-refractivity contribution in [2.24, 2.45) is 13.0 Å². The lowest BCUT2D eigenvalue weighted by molar-refractivity contribution is -0.120. The Morgan fingerprint density at radius 2 is 1.91 bits per heavy atom. The number of aromatic nitrogens is 2. The predicted molar refractivity (Wildman–Crippen MR) is 89.5 cm³/mol. The molecule has 6 heteroatoms. The number of piperidine rings is 1. The van der Waals surface area contributed by atoms with Crippen LogP contribution >= 0.6 is 0 Å². The molecule has 6 nitrogen and oxygen atoms in total. The highest BCUT2D eigenvalue weighted by Crippen LogP contribution is 2.23. The molecule has 0 atom stereocenters. The zero-order valence-electron chi connectivity index (χ0n) is 13.1. The van der Waals surface area contributed by atoms with E-state index in [2.05, 4.69) is 15.3 Å². The number of hydrogen-bond acceptors (Lipinski definition) is 4. The highest BCUT2D eigenvalue weighted by atomic mass is 16.2. The number of benzene rings is 1. The Hall–Kier alpha value is -2.63. The van der Waals surface area contributed by atoms with Gasteiger partial charge in [0.1, 0.15) is 0 Å². The van der Waals surface area contributed by atoms with Crippen LogP contribution in [0, 0.1) is 5.92 Å². The normalized spacial score (nSPS) is 15.4. The Balaban J connectivity index is 1.58. The van der Waals surface area contributed by atoms with Crippen LogP contribution in [0.2, 0.25) is 0 Å². The van der Waals surface area contributed by atoms with E-state index in [1.54, 1.807) is 19.3 Å². The van der Waals surface area contributed by atoms with Gasteiger partial charge in [-0.05, 0) is 25.0 Å². The number of rotatable bonds is 3. The molecule has 1 aliphatic heterocycles. The third-order valence-electron chi connectivity index (χ3n) is 4.23. The van der Waals surface area contributed by atoms with Crippen molar-refractivity contribution in [2.45, 2.75) is 12.8 Å². The standard InChI is InChI=1S/C17H20N4O2/c1-20-16(22)11-15(12-18-20)21-9-7-13(8-10-21)17(23)19-14-5-3-2-4-6-14/h2-6,11-13H,7-10H2,1H3,(H,19,23). The molecular weight excluding hydrogens is 292 g/mol. The molecule has 1 aromatic heterocycles. The van der Waals surface area contributed by atoms with Gasteiger partial charge in [0.15, 0.2) is 0 Å². The summed E-state index contributed by atoms with van der Waals surface area (Å²) < 4.78 is 1.31. The van der Waals surface area contributed by atoms with Crippen molar-refractivity contribution in [3.8, 4) is 0 Å². The van der Waals surface area contributed by atoms with Crippen LogP contribution in [0.25, 0.3) is 0 Å². The first-order chi connectivity index (χ1) is 11.1. The zero-order chi connectivity index (χ0) is 16.2. The van der Waals surface area contributed by atoms with Gasteiger partial charge in [-0.15, -0.1) is 0 Å². The highest BCUT2D eigenvalue weighted by molar-refractivity contribution is 5.92. The minimum atomic E-state index is -0.119. The van der Waals surface area contributed by atoms with E-state index < -0.39 is 0 Å². The second-order valence-electron chi connectivity index (χ2n) is 5.79. The number of carbonyl (C=O) groups is 1. The summed E-state index contributed by atoms with van der Waals surface area (Å²) in [6.07, 6.45) is 3.24. The van der Waals surface area contributed by atoms with E-state index >= 15 is 0 Å². The molecule has 1 N–H and O–H groups in total. The molecule has 1 amide bonds. The van der Waals surface area contributed by atoms with Crippen LogP contribution in [0.1, 0.15) is 12.8 Å². The number of amides is 1. The van der Waals surface area contributed by atoms with Gasteiger partial charge in [0.25, 0.3) is 5.56 Å². The molecule has 1 saturated heterocycles. The molecule has 0 bridgehead atoms. The van der Waals surface area contributed by atoms with Crippen molar-refractivity contribution < 1.29 is 4.79 Å². The van der Waals surface area contributed by atoms with Crippen molar-refractivity contribution in [3.05, 3.63) is 52.9 Å². The summed E-state index contributed by atoms with van der Waals surface area (Å²) in [4.78, 5) is 26.1. The number of nitrogens with one attached hydrogen (secondary N) is 1. The van der Waals surface area contributed by atoms with E-state index in [-0.39, 0.29) is 17.4 Å². The number of anilines is 2. The van der Waals surface area contributed by atoms with E-state index in [1.807, 2.05) is 30.3 Å². The average Bonchev–Trinajstić information content (AvgIpc) is 2.58.